The van der Waals surface area contributed by atoms with E-state index in [4.69, 9.17) is 0 Å². The lowest BCUT2D eigenvalue weighted by Crippen LogP contribution is -2.28. The molecular formula is C6H14O6S2. The highest BCUT2D eigenvalue weighted by Crippen LogP contribution is 2.13. The van der Waals surface area contributed by atoms with Crippen molar-refractivity contribution >= 4 is 20.2 Å². The standard InChI is InChI=1S/C6H14O6S2/c1-6(2,3)12-14(9,10)5-13(7,8)11-4/h5H2,1-4H3. The zero-order valence-corrected chi connectivity index (χ0v) is 10.1. The van der Waals surface area contributed by atoms with Gasteiger partial charge in [-0.15, -0.1) is 0 Å². The van der Waals surface area contributed by atoms with Crippen molar-refractivity contribution in [1.29, 1.82) is 0 Å². The van der Waals surface area contributed by atoms with Gasteiger partial charge in [0.05, 0.1) is 12.7 Å². The van der Waals surface area contributed by atoms with Crippen LogP contribution in [0.3, 0.4) is 0 Å². The van der Waals surface area contributed by atoms with Crippen LogP contribution in [0.25, 0.3) is 0 Å². The molecule has 0 heterocycles. The van der Waals surface area contributed by atoms with Crippen molar-refractivity contribution in [3.8, 4) is 0 Å². The van der Waals surface area contributed by atoms with Gasteiger partial charge in [-0.2, -0.15) is 16.8 Å². The molecule has 0 N–H and O–H groups in total. The van der Waals surface area contributed by atoms with E-state index in [0.29, 0.717) is 0 Å². The zero-order chi connectivity index (χ0) is 11.6. The third-order valence-corrected chi connectivity index (χ3v) is 4.49. The van der Waals surface area contributed by atoms with Crippen LogP contribution in [0.15, 0.2) is 0 Å². The second kappa shape index (κ2) is 4.13. The summed E-state index contributed by atoms with van der Waals surface area (Å²) in [6.45, 7) is 4.51. The molecule has 0 saturated carbocycles. The van der Waals surface area contributed by atoms with E-state index in [1.54, 1.807) is 0 Å². The van der Waals surface area contributed by atoms with Gasteiger partial charge >= 0.3 is 0 Å². The zero-order valence-electron chi connectivity index (χ0n) is 8.47. The van der Waals surface area contributed by atoms with Crippen LogP contribution in [-0.4, -0.2) is 34.6 Å². The van der Waals surface area contributed by atoms with Crippen LogP contribution in [0.1, 0.15) is 20.8 Å². The van der Waals surface area contributed by atoms with Gasteiger partial charge in [0.25, 0.3) is 20.2 Å². The SMILES string of the molecule is COS(=O)(=O)CS(=O)(=O)OC(C)(C)C. The summed E-state index contributed by atoms with van der Waals surface area (Å²) in [4.78, 5) is 0. The van der Waals surface area contributed by atoms with E-state index in [0.717, 1.165) is 7.11 Å². The minimum absolute atomic E-state index is 0.891. The average molecular weight is 246 g/mol. The highest BCUT2D eigenvalue weighted by molar-refractivity contribution is 8.03. The first-order valence-electron chi connectivity index (χ1n) is 3.69. The molecule has 0 aromatic rings. The van der Waals surface area contributed by atoms with Crippen LogP contribution in [0, 0.1) is 0 Å². The summed E-state index contributed by atoms with van der Waals surface area (Å²) in [6, 6.07) is 0. The van der Waals surface area contributed by atoms with Crippen LogP contribution >= 0.6 is 0 Å². The summed E-state index contributed by atoms with van der Waals surface area (Å²) >= 11 is 0. The Kier molecular flexibility index (Phi) is 4.08. The molecule has 0 aliphatic carbocycles. The molecular weight excluding hydrogens is 232 g/mol. The fourth-order valence-corrected chi connectivity index (χ4v) is 3.38. The highest BCUT2D eigenvalue weighted by atomic mass is 32.3. The Morgan fingerprint density at radius 1 is 1.00 bits per heavy atom. The van der Waals surface area contributed by atoms with Gasteiger partial charge in [0, 0.05) is 0 Å². The normalized spacial score (nSPS) is 14.3. The quantitative estimate of drug-likeness (QED) is 0.652. The van der Waals surface area contributed by atoms with Gasteiger partial charge in [0.15, 0.2) is 0 Å². The second-order valence-electron chi connectivity index (χ2n) is 3.60. The molecule has 0 bridgehead atoms. The van der Waals surface area contributed by atoms with Crippen molar-refractivity contribution in [2.75, 3.05) is 12.2 Å². The molecule has 0 spiro atoms. The van der Waals surface area contributed by atoms with E-state index in [-0.39, 0.29) is 0 Å². The lowest BCUT2D eigenvalue weighted by Gasteiger charge is -2.18. The summed E-state index contributed by atoms with van der Waals surface area (Å²) in [5.74, 6) is 0. The van der Waals surface area contributed by atoms with Crippen LogP contribution in [0.4, 0.5) is 0 Å². The Morgan fingerprint density at radius 3 is 1.71 bits per heavy atom. The van der Waals surface area contributed by atoms with Crippen molar-refractivity contribution in [2.24, 2.45) is 0 Å². The Balaban J connectivity index is 4.70. The molecule has 0 aliphatic rings. The van der Waals surface area contributed by atoms with Crippen molar-refractivity contribution in [2.45, 2.75) is 26.4 Å². The fourth-order valence-electron chi connectivity index (χ4n) is 0.630. The topological polar surface area (TPSA) is 86.7 Å². The summed E-state index contributed by atoms with van der Waals surface area (Å²) < 4.78 is 52.5. The van der Waals surface area contributed by atoms with E-state index in [9.17, 15) is 16.8 Å². The lowest BCUT2D eigenvalue weighted by molar-refractivity contribution is 0.141. The van der Waals surface area contributed by atoms with E-state index in [2.05, 4.69) is 8.37 Å². The summed E-state index contributed by atoms with van der Waals surface area (Å²) in [7, 11) is -7.29. The third-order valence-electron chi connectivity index (χ3n) is 0.920. The molecule has 8 heteroatoms. The molecule has 0 fully saturated rings. The molecule has 0 aromatic heterocycles. The highest BCUT2D eigenvalue weighted by Gasteiger charge is 2.28. The molecule has 0 radical (unpaired) electrons. The van der Waals surface area contributed by atoms with Gasteiger partial charge in [0.2, 0.25) is 5.08 Å². The maximum absolute atomic E-state index is 11.1. The van der Waals surface area contributed by atoms with E-state index >= 15 is 0 Å². The largest absolute Gasteiger partial charge is 0.284 e. The monoisotopic (exact) mass is 246 g/mol. The van der Waals surface area contributed by atoms with Crippen LogP contribution in [-0.2, 0) is 28.6 Å². The fraction of sp³-hybridized carbons (Fsp3) is 1.00. The Bertz CT molecular complexity index is 371. The van der Waals surface area contributed by atoms with Crippen molar-refractivity contribution in [3.63, 3.8) is 0 Å². The number of hydrogen-bond donors (Lipinski definition) is 0. The van der Waals surface area contributed by atoms with Gasteiger partial charge in [-0.3, -0.25) is 8.37 Å². The van der Waals surface area contributed by atoms with E-state index < -0.39 is 30.9 Å². The Morgan fingerprint density at radius 2 is 1.43 bits per heavy atom. The molecule has 0 unspecified atom stereocenters. The smallest absolute Gasteiger partial charge is 0.273 e. The van der Waals surface area contributed by atoms with Gasteiger partial charge in [-0.1, -0.05) is 0 Å². The molecule has 0 aliphatic heterocycles. The molecule has 0 rings (SSSR count). The van der Waals surface area contributed by atoms with Crippen molar-refractivity contribution in [3.05, 3.63) is 0 Å². The maximum Gasteiger partial charge on any atom is 0.284 e. The molecule has 86 valence electrons. The van der Waals surface area contributed by atoms with Crippen LogP contribution in [0.5, 0.6) is 0 Å². The third kappa shape index (κ3) is 6.30. The molecule has 0 atom stereocenters. The molecule has 0 aromatic carbocycles. The number of hydrogen-bond acceptors (Lipinski definition) is 6. The second-order valence-corrected chi connectivity index (χ2v) is 7.27. The number of rotatable bonds is 4. The summed E-state index contributed by atoms with van der Waals surface area (Å²) in [5, 5.41) is -1.17. The van der Waals surface area contributed by atoms with E-state index in [1.165, 1.54) is 20.8 Å². The van der Waals surface area contributed by atoms with Crippen LogP contribution in [0.2, 0.25) is 0 Å². The minimum Gasteiger partial charge on any atom is -0.273 e. The minimum atomic E-state index is -4.12. The molecule has 0 saturated heterocycles. The molecule has 0 amide bonds. The van der Waals surface area contributed by atoms with E-state index in [1.807, 2.05) is 0 Å². The predicted molar refractivity (Wildman–Crippen MR) is 50.6 cm³/mol. The molecule has 6 nitrogen and oxygen atoms in total. The van der Waals surface area contributed by atoms with Gasteiger partial charge < -0.3 is 0 Å². The van der Waals surface area contributed by atoms with Crippen molar-refractivity contribution in [1.82, 2.24) is 0 Å². The van der Waals surface area contributed by atoms with Crippen LogP contribution < -0.4 is 0 Å². The average Bonchev–Trinajstić information content (AvgIpc) is 1.78. The van der Waals surface area contributed by atoms with Gasteiger partial charge in [0.1, 0.15) is 0 Å². The Labute approximate surface area is 84.5 Å². The first kappa shape index (κ1) is 13.8. The summed E-state index contributed by atoms with van der Waals surface area (Å²) in [6.07, 6.45) is 0. The predicted octanol–water partition coefficient (Wildman–Crippen LogP) is 0.0650. The first-order chi connectivity index (χ1) is 5.97. The van der Waals surface area contributed by atoms with Gasteiger partial charge in [-0.25, -0.2) is 0 Å². The lowest BCUT2D eigenvalue weighted by atomic mass is 10.2. The van der Waals surface area contributed by atoms with Crippen molar-refractivity contribution < 1.29 is 25.2 Å². The maximum atomic E-state index is 11.1. The summed E-state index contributed by atoms with van der Waals surface area (Å²) in [5.41, 5.74) is -0.956. The molecule has 14 heavy (non-hydrogen) atoms. The first-order valence-corrected chi connectivity index (χ1v) is 6.84. The Hall–Kier alpha value is -0.180. The van der Waals surface area contributed by atoms with Gasteiger partial charge in [-0.05, 0) is 20.8 Å².